The molecule has 0 radical (unpaired) electrons. The Hall–Kier alpha value is -3.07. The van der Waals surface area contributed by atoms with Gasteiger partial charge in [0, 0.05) is 11.6 Å². The summed E-state index contributed by atoms with van der Waals surface area (Å²) < 4.78 is 6.68. The summed E-state index contributed by atoms with van der Waals surface area (Å²) in [5, 5.41) is 10.3. The molecule has 1 heterocycles. The number of carboxylic acids is 1. The van der Waals surface area contributed by atoms with Crippen molar-refractivity contribution < 1.29 is 19.4 Å². The van der Waals surface area contributed by atoms with E-state index in [0.29, 0.717) is 39.7 Å². The maximum Gasteiger partial charge on any atom is 0.335 e. The van der Waals surface area contributed by atoms with Crippen LogP contribution in [-0.4, -0.2) is 33.6 Å². The summed E-state index contributed by atoms with van der Waals surface area (Å²) in [4.78, 5) is 30.7. The zero-order chi connectivity index (χ0) is 24.9. The Morgan fingerprint density at radius 1 is 1.14 bits per heavy atom. The van der Waals surface area contributed by atoms with Gasteiger partial charge in [-0.05, 0) is 100 Å². The van der Waals surface area contributed by atoms with Gasteiger partial charge in [-0.25, -0.2) is 9.79 Å². The highest BCUT2D eigenvalue weighted by molar-refractivity contribution is 9.10. The topological polar surface area (TPSA) is 79.2 Å². The number of amidine groups is 1. The fourth-order valence-corrected chi connectivity index (χ4v) is 4.98. The molecule has 3 aromatic rings. The van der Waals surface area contributed by atoms with E-state index < -0.39 is 5.97 Å². The Labute approximate surface area is 220 Å². The van der Waals surface area contributed by atoms with Crippen molar-refractivity contribution in [1.29, 1.82) is 0 Å². The van der Waals surface area contributed by atoms with Crippen LogP contribution in [0.2, 0.25) is 5.02 Å². The van der Waals surface area contributed by atoms with Gasteiger partial charge in [0.1, 0.15) is 12.4 Å². The molecule has 0 atom stereocenters. The number of benzene rings is 3. The first-order valence-electron chi connectivity index (χ1n) is 10.6. The lowest BCUT2D eigenvalue weighted by Crippen LogP contribution is -2.28. The van der Waals surface area contributed by atoms with Crippen molar-refractivity contribution >= 4 is 68.1 Å². The number of nitrogens with zero attached hydrogens (tertiary/aromatic N) is 2. The van der Waals surface area contributed by atoms with Gasteiger partial charge in [-0.1, -0.05) is 29.8 Å². The van der Waals surface area contributed by atoms with E-state index in [1.54, 1.807) is 17.0 Å². The molecule has 0 aliphatic carbocycles. The van der Waals surface area contributed by atoms with Crippen LogP contribution in [0.4, 0.5) is 5.69 Å². The van der Waals surface area contributed by atoms with Crippen molar-refractivity contribution in [3.63, 3.8) is 0 Å². The highest BCUT2D eigenvalue weighted by atomic mass is 79.9. The average Bonchev–Trinajstić information content (AvgIpc) is 3.13. The smallest absolute Gasteiger partial charge is 0.335 e. The molecule has 6 nitrogen and oxygen atoms in total. The lowest BCUT2D eigenvalue weighted by molar-refractivity contribution is -0.122. The largest absolute Gasteiger partial charge is 0.488 e. The molecule has 0 spiro atoms. The van der Waals surface area contributed by atoms with Gasteiger partial charge in [-0.15, -0.1) is 0 Å². The molecule has 1 amide bonds. The van der Waals surface area contributed by atoms with Crippen molar-refractivity contribution in [2.45, 2.75) is 13.5 Å². The maximum absolute atomic E-state index is 13.0. The average molecular weight is 572 g/mol. The van der Waals surface area contributed by atoms with Gasteiger partial charge in [-0.2, -0.15) is 0 Å². The Morgan fingerprint density at radius 2 is 1.86 bits per heavy atom. The predicted octanol–water partition coefficient (Wildman–Crippen LogP) is 7.00. The summed E-state index contributed by atoms with van der Waals surface area (Å²) in [6, 6.07) is 19.3. The number of thioether (sulfide) groups is 1. The number of carbonyl (C=O) groups excluding carboxylic acids is 1. The summed E-state index contributed by atoms with van der Waals surface area (Å²) >= 11 is 10.8. The molecule has 9 heteroatoms. The number of ether oxygens (including phenoxy) is 1. The van der Waals surface area contributed by atoms with Crippen LogP contribution in [0.3, 0.4) is 0 Å². The van der Waals surface area contributed by atoms with Crippen LogP contribution in [0.25, 0.3) is 6.08 Å². The van der Waals surface area contributed by atoms with E-state index >= 15 is 0 Å². The van der Waals surface area contributed by atoms with Crippen LogP contribution in [0.5, 0.6) is 5.75 Å². The number of likely N-dealkylation sites (N-methyl/N-ethyl adjacent to an activating group) is 1. The zero-order valence-electron chi connectivity index (χ0n) is 18.6. The van der Waals surface area contributed by atoms with E-state index in [4.69, 9.17) is 21.4 Å². The van der Waals surface area contributed by atoms with Crippen LogP contribution in [0.15, 0.2) is 81.1 Å². The highest BCUT2D eigenvalue weighted by Gasteiger charge is 2.32. The Bertz CT molecular complexity index is 1320. The minimum Gasteiger partial charge on any atom is -0.488 e. The van der Waals surface area contributed by atoms with Crippen LogP contribution in [-0.2, 0) is 11.4 Å². The van der Waals surface area contributed by atoms with Crippen molar-refractivity contribution in [3.05, 3.63) is 97.8 Å². The summed E-state index contributed by atoms with van der Waals surface area (Å²) in [5.41, 5.74) is 2.61. The molecule has 4 rings (SSSR count). The molecule has 1 fully saturated rings. The van der Waals surface area contributed by atoms with Crippen LogP contribution >= 0.6 is 39.3 Å². The predicted molar refractivity (Wildman–Crippen MR) is 143 cm³/mol. The first-order valence-corrected chi connectivity index (χ1v) is 12.6. The lowest BCUT2D eigenvalue weighted by atomic mass is 10.2. The van der Waals surface area contributed by atoms with Crippen molar-refractivity contribution in [2.75, 3.05) is 6.54 Å². The Balaban J connectivity index is 1.50. The first kappa shape index (κ1) is 25.0. The number of halogens is 2. The number of carbonyl (C=O) groups is 2. The minimum absolute atomic E-state index is 0.127. The number of aliphatic imine (C=N–C) groups is 1. The molecule has 3 aromatic carbocycles. The third-order valence-electron chi connectivity index (χ3n) is 5.10. The van der Waals surface area contributed by atoms with Crippen molar-refractivity contribution in [3.8, 4) is 5.75 Å². The van der Waals surface area contributed by atoms with Gasteiger partial charge >= 0.3 is 5.97 Å². The van der Waals surface area contributed by atoms with Gasteiger partial charge in [0.2, 0.25) is 0 Å². The third kappa shape index (κ3) is 6.14. The molecular formula is C26H20BrClN2O4S. The molecule has 0 unspecified atom stereocenters. The molecule has 1 saturated heterocycles. The van der Waals surface area contributed by atoms with Gasteiger partial charge < -0.3 is 9.84 Å². The van der Waals surface area contributed by atoms with E-state index in [0.717, 1.165) is 15.6 Å². The van der Waals surface area contributed by atoms with Crippen molar-refractivity contribution in [2.24, 2.45) is 4.99 Å². The first-order chi connectivity index (χ1) is 16.8. The summed E-state index contributed by atoms with van der Waals surface area (Å²) in [7, 11) is 0. The normalized spacial score (nSPS) is 15.7. The van der Waals surface area contributed by atoms with Crippen molar-refractivity contribution in [1.82, 2.24) is 4.90 Å². The van der Waals surface area contributed by atoms with E-state index in [-0.39, 0.29) is 11.5 Å². The molecule has 1 N–H and O–H groups in total. The van der Waals surface area contributed by atoms with Crippen LogP contribution < -0.4 is 4.74 Å². The number of hydrogen-bond acceptors (Lipinski definition) is 5. The second-order valence-electron chi connectivity index (χ2n) is 7.51. The Kier molecular flexibility index (Phi) is 7.95. The number of hydrogen-bond donors (Lipinski definition) is 1. The fraction of sp³-hybridized carbons (Fsp3) is 0.115. The molecule has 1 aliphatic rings. The molecule has 0 saturated carbocycles. The SMILES string of the molecule is CCN1C(=O)/C(=C\c2ccc(OCc3ccc(Cl)cc3)c(Br)c2)SC1=Nc1ccc(C(=O)O)cc1. The summed E-state index contributed by atoms with van der Waals surface area (Å²) in [5.74, 6) is -0.435. The highest BCUT2D eigenvalue weighted by Crippen LogP contribution is 2.35. The molecule has 1 aliphatic heterocycles. The number of carboxylic acid groups (broad SMARTS) is 1. The Morgan fingerprint density at radius 3 is 2.49 bits per heavy atom. The fourth-order valence-electron chi connectivity index (χ4n) is 3.28. The zero-order valence-corrected chi connectivity index (χ0v) is 21.7. The van der Waals surface area contributed by atoms with E-state index in [1.165, 1.54) is 23.9 Å². The summed E-state index contributed by atoms with van der Waals surface area (Å²) in [6.07, 6.45) is 1.82. The van der Waals surface area contributed by atoms with E-state index in [2.05, 4.69) is 20.9 Å². The standard InChI is InChI=1S/C26H20BrClN2O4S/c1-2-30-24(31)23(35-26(30)29-20-10-6-18(7-11-20)25(32)33)14-17-5-12-22(21(27)13-17)34-15-16-3-8-19(28)9-4-16/h3-14H,2,15H2,1H3,(H,32,33)/b23-14+,29-26?. The molecule has 35 heavy (non-hydrogen) atoms. The third-order valence-corrected chi connectivity index (χ3v) is 6.98. The maximum atomic E-state index is 13.0. The second kappa shape index (κ2) is 11.1. The van der Waals surface area contributed by atoms with E-state index in [1.807, 2.05) is 55.5 Å². The quantitative estimate of drug-likeness (QED) is 0.309. The summed E-state index contributed by atoms with van der Waals surface area (Å²) in [6.45, 7) is 2.76. The molecule has 0 aromatic heterocycles. The minimum atomic E-state index is -0.998. The van der Waals surface area contributed by atoms with Gasteiger partial charge in [0.15, 0.2) is 5.17 Å². The molecular weight excluding hydrogens is 552 g/mol. The van der Waals surface area contributed by atoms with Crippen LogP contribution in [0.1, 0.15) is 28.4 Å². The second-order valence-corrected chi connectivity index (χ2v) is 9.81. The van der Waals surface area contributed by atoms with E-state index in [9.17, 15) is 9.59 Å². The number of rotatable bonds is 7. The van der Waals surface area contributed by atoms with Gasteiger partial charge in [0.25, 0.3) is 5.91 Å². The van der Waals surface area contributed by atoms with Gasteiger partial charge in [-0.3, -0.25) is 9.69 Å². The monoisotopic (exact) mass is 570 g/mol. The number of aromatic carboxylic acids is 1. The van der Waals surface area contributed by atoms with Gasteiger partial charge in [0.05, 0.1) is 20.6 Å². The molecule has 0 bridgehead atoms. The molecule has 178 valence electrons. The lowest BCUT2D eigenvalue weighted by Gasteiger charge is -2.12. The van der Waals surface area contributed by atoms with Crippen LogP contribution in [0, 0.1) is 0 Å². The number of amides is 1.